The summed E-state index contributed by atoms with van der Waals surface area (Å²) in [5, 5.41) is 8.66. The van der Waals surface area contributed by atoms with Gasteiger partial charge in [-0.05, 0) is 19.9 Å². The standard InChI is InChI=1S/C14H24ClN3O/c1-16-13-7-5-3-4-6-11(13)14-12(15)10-17-18(14)8-9-19-2/h10-11,13,16H,3-9H2,1-2H3. The van der Waals surface area contributed by atoms with Crippen molar-refractivity contribution in [3.8, 4) is 0 Å². The van der Waals surface area contributed by atoms with Crippen LogP contribution in [0.5, 0.6) is 0 Å². The molecule has 1 N–H and O–H groups in total. The number of halogens is 1. The van der Waals surface area contributed by atoms with Crippen LogP contribution in [0.15, 0.2) is 6.20 Å². The van der Waals surface area contributed by atoms with Gasteiger partial charge in [-0.15, -0.1) is 0 Å². The van der Waals surface area contributed by atoms with E-state index in [0.717, 1.165) is 11.6 Å². The Hall–Kier alpha value is -0.580. The van der Waals surface area contributed by atoms with Crippen LogP contribution in [-0.2, 0) is 11.3 Å². The Bertz CT molecular complexity index is 394. The van der Waals surface area contributed by atoms with E-state index in [9.17, 15) is 0 Å². The molecule has 1 heterocycles. The normalized spacial score (nSPS) is 24.4. The Morgan fingerprint density at radius 3 is 2.95 bits per heavy atom. The maximum absolute atomic E-state index is 6.38. The van der Waals surface area contributed by atoms with Crippen molar-refractivity contribution in [2.75, 3.05) is 20.8 Å². The molecule has 2 unspecified atom stereocenters. The van der Waals surface area contributed by atoms with Crippen LogP contribution >= 0.6 is 11.6 Å². The second-order valence-corrected chi connectivity index (χ2v) is 5.64. The predicted octanol–water partition coefficient (Wildman–Crippen LogP) is 2.82. The number of nitrogens with zero attached hydrogens (tertiary/aromatic N) is 2. The number of likely N-dealkylation sites (N-methyl/N-ethyl adjacent to an activating group) is 1. The van der Waals surface area contributed by atoms with Crippen LogP contribution in [-0.4, -0.2) is 36.6 Å². The second kappa shape index (κ2) is 7.27. The highest BCUT2D eigenvalue weighted by Gasteiger charge is 2.28. The highest BCUT2D eigenvalue weighted by molar-refractivity contribution is 6.31. The van der Waals surface area contributed by atoms with E-state index in [1.165, 1.54) is 37.8 Å². The fourth-order valence-corrected chi connectivity index (χ4v) is 3.36. The van der Waals surface area contributed by atoms with E-state index in [4.69, 9.17) is 16.3 Å². The first-order valence-electron chi connectivity index (χ1n) is 7.15. The van der Waals surface area contributed by atoms with Crippen molar-refractivity contribution in [2.45, 2.75) is 50.6 Å². The number of nitrogens with one attached hydrogen (secondary N) is 1. The number of rotatable bonds is 5. The molecule has 0 aromatic carbocycles. The quantitative estimate of drug-likeness (QED) is 0.846. The largest absolute Gasteiger partial charge is 0.383 e. The van der Waals surface area contributed by atoms with E-state index < -0.39 is 0 Å². The average molecular weight is 286 g/mol. The first-order valence-corrected chi connectivity index (χ1v) is 7.53. The van der Waals surface area contributed by atoms with E-state index in [-0.39, 0.29) is 0 Å². The molecule has 0 aliphatic heterocycles. The van der Waals surface area contributed by atoms with Crippen LogP contribution in [0.3, 0.4) is 0 Å². The summed E-state index contributed by atoms with van der Waals surface area (Å²) < 4.78 is 7.18. The fraction of sp³-hybridized carbons (Fsp3) is 0.786. The molecule has 2 rings (SSSR count). The summed E-state index contributed by atoms with van der Waals surface area (Å²) in [7, 11) is 3.76. The van der Waals surface area contributed by atoms with Crippen LogP contribution in [0.2, 0.25) is 5.02 Å². The monoisotopic (exact) mass is 285 g/mol. The average Bonchev–Trinajstić information content (AvgIpc) is 2.64. The minimum Gasteiger partial charge on any atom is -0.383 e. The van der Waals surface area contributed by atoms with E-state index >= 15 is 0 Å². The molecule has 0 spiro atoms. The molecule has 0 saturated heterocycles. The first-order chi connectivity index (χ1) is 9.27. The number of hydrogen-bond acceptors (Lipinski definition) is 3. The second-order valence-electron chi connectivity index (χ2n) is 5.23. The Morgan fingerprint density at radius 1 is 1.42 bits per heavy atom. The molecule has 1 aliphatic rings. The molecule has 19 heavy (non-hydrogen) atoms. The molecule has 1 aromatic heterocycles. The zero-order valence-electron chi connectivity index (χ0n) is 11.9. The molecule has 0 bridgehead atoms. The van der Waals surface area contributed by atoms with Crippen molar-refractivity contribution in [3.63, 3.8) is 0 Å². The molecular weight excluding hydrogens is 262 g/mol. The van der Waals surface area contributed by atoms with Crippen molar-refractivity contribution in [3.05, 3.63) is 16.9 Å². The van der Waals surface area contributed by atoms with Gasteiger partial charge in [0.25, 0.3) is 0 Å². The van der Waals surface area contributed by atoms with Crippen molar-refractivity contribution in [2.24, 2.45) is 0 Å². The third kappa shape index (κ3) is 3.50. The van der Waals surface area contributed by atoms with Gasteiger partial charge in [0.1, 0.15) is 0 Å². The molecule has 4 nitrogen and oxygen atoms in total. The fourth-order valence-electron chi connectivity index (χ4n) is 3.08. The lowest BCUT2D eigenvalue weighted by atomic mass is 9.91. The Balaban J connectivity index is 2.24. The van der Waals surface area contributed by atoms with Crippen molar-refractivity contribution in [1.82, 2.24) is 15.1 Å². The molecular formula is C14H24ClN3O. The van der Waals surface area contributed by atoms with Crippen LogP contribution in [0.4, 0.5) is 0 Å². The Morgan fingerprint density at radius 2 is 2.21 bits per heavy atom. The number of ether oxygens (including phenoxy) is 1. The molecule has 2 atom stereocenters. The van der Waals surface area contributed by atoms with Crippen LogP contribution < -0.4 is 5.32 Å². The Kier molecular flexibility index (Phi) is 5.67. The maximum Gasteiger partial charge on any atom is 0.0821 e. The summed E-state index contributed by atoms with van der Waals surface area (Å²) in [6.45, 7) is 1.44. The van der Waals surface area contributed by atoms with E-state index in [1.54, 1.807) is 13.3 Å². The summed E-state index contributed by atoms with van der Waals surface area (Å²) in [6.07, 6.45) is 8.06. The molecule has 5 heteroatoms. The number of hydrogen-bond donors (Lipinski definition) is 1. The lowest BCUT2D eigenvalue weighted by Crippen LogP contribution is -2.33. The van der Waals surface area contributed by atoms with Crippen LogP contribution in [0.1, 0.15) is 43.7 Å². The van der Waals surface area contributed by atoms with Gasteiger partial charge >= 0.3 is 0 Å². The van der Waals surface area contributed by atoms with Gasteiger partial charge in [-0.1, -0.05) is 30.9 Å². The summed E-state index contributed by atoms with van der Waals surface area (Å²) in [6, 6.07) is 0.498. The van der Waals surface area contributed by atoms with Gasteiger partial charge in [-0.2, -0.15) is 5.10 Å². The molecule has 1 aromatic rings. The minimum atomic E-state index is 0.458. The molecule has 108 valence electrons. The summed E-state index contributed by atoms with van der Waals surface area (Å²) in [5.74, 6) is 0.458. The van der Waals surface area contributed by atoms with Gasteiger partial charge in [0.15, 0.2) is 0 Å². The third-order valence-electron chi connectivity index (χ3n) is 4.08. The van der Waals surface area contributed by atoms with Crippen molar-refractivity contribution >= 4 is 11.6 Å². The lowest BCUT2D eigenvalue weighted by Gasteiger charge is -2.26. The number of aromatic nitrogens is 2. The molecule has 1 fully saturated rings. The predicted molar refractivity (Wildman–Crippen MR) is 77.8 cm³/mol. The van der Waals surface area contributed by atoms with Crippen LogP contribution in [0.25, 0.3) is 0 Å². The van der Waals surface area contributed by atoms with Crippen molar-refractivity contribution in [1.29, 1.82) is 0 Å². The van der Waals surface area contributed by atoms with Crippen LogP contribution in [0, 0.1) is 0 Å². The highest BCUT2D eigenvalue weighted by atomic mass is 35.5. The van der Waals surface area contributed by atoms with Gasteiger partial charge in [-0.25, -0.2) is 0 Å². The Labute approximate surface area is 120 Å². The smallest absolute Gasteiger partial charge is 0.0821 e. The minimum absolute atomic E-state index is 0.458. The first kappa shape index (κ1) is 14.8. The molecule has 1 aliphatic carbocycles. The zero-order chi connectivity index (χ0) is 13.7. The highest BCUT2D eigenvalue weighted by Crippen LogP contribution is 2.35. The van der Waals surface area contributed by atoms with Gasteiger partial charge in [-0.3, -0.25) is 4.68 Å². The zero-order valence-corrected chi connectivity index (χ0v) is 12.6. The maximum atomic E-state index is 6.38. The summed E-state index contributed by atoms with van der Waals surface area (Å²) in [4.78, 5) is 0. The number of methoxy groups -OCH3 is 1. The van der Waals surface area contributed by atoms with E-state index in [1.807, 2.05) is 11.7 Å². The van der Waals surface area contributed by atoms with E-state index in [0.29, 0.717) is 18.6 Å². The lowest BCUT2D eigenvalue weighted by molar-refractivity contribution is 0.181. The van der Waals surface area contributed by atoms with Crippen molar-refractivity contribution < 1.29 is 4.74 Å². The molecule has 0 radical (unpaired) electrons. The molecule has 0 amide bonds. The van der Waals surface area contributed by atoms with E-state index in [2.05, 4.69) is 10.4 Å². The van der Waals surface area contributed by atoms with Gasteiger partial charge in [0, 0.05) is 19.1 Å². The topological polar surface area (TPSA) is 39.1 Å². The van der Waals surface area contributed by atoms with Gasteiger partial charge in [0.05, 0.1) is 30.1 Å². The summed E-state index contributed by atoms with van der Waals surface area (Å²) in [5.41, 5.74) is 1.18. The van der Waals surface area contributed by atoms with Gasteiger partial charge in [0.2, 0.25) is 0 Å². The molecule has 1 saturated carbocycles. The van der Waals surface area contributed by atoms with Gasteiger partial charge < -0.3 is 10.1 Å². The summed E-state index contributed by atoms with van der Waals surface area (Å²) >= 11 is 6.38. The SMILES string of the molecule is CNC1CCCCCC1c1c(Cl)cnn1CCOC. The third-order valence-corrected chi connectivity index (χ3v) is 4.37.